The van der Waals surface area contributed by atoms with Crippen molar-refractivity contribution < 1.29 is 19.0 Å². The Kier molecular flexibility index (Phi) is 7.82. The van der Waals surface area contributed by atoms with E-state index in [0.717, 1.165) is 31.6 Å². The van der Waals surface area contributed by atoms with E-state index in [0.29, 0.717) is 54.4 Å². The monoisotopic (exact) mass is 463 g/mol. The molecule has 6 atom stereocenters. The largest absolute Gasteiger partial charge is 0.388 e. The van der Waals surface area contributed by atoms with Gasteiger partial charge >= 0.3 is 0 Å². The molecule has 0 unspecified atom stereocenters. The number of halogens is 2. The maximum absolute atomic E-state index is 13.0. The molecular weight excluding hydrogens is 420 g/mol. The van der Waals surface area contributed by atoms with E-state index in [-0.39, 0.29) is 0 Å². The zero-order valence-electron chi connectivity index (χ0n) is 20.5. The van der Waals surface area contributed by atoms with Gasteiger partial charge in [0, 0.05) is 12.5 Å². The van der Waals surface area contributed by atoms with Gasteiger partial charge in [-0.05, 0) is 99.6 Å². The Labute approximate surface area is 198 Å². The molecule has 2 N–H and O–H groups in total. The second kappa shape index (κ2) is 10.3. The lowest BCUT2D eigenvalue weighted by Gasteiger charge is -2.45. The summed E-state index contributed by atoms with van der Waals surface area (Å²) in [7, 11) is 0. The van der Waals surface area contributed by atoms with Crippen LogP contribution in [-0.2, 0) is 0 Å². The fourth-order valence-corrected chi connectivity index (χ4v) is 7.56. The average molecular weight is 464 g/mol. The molecule has 1 aliphatic heterocycles. The summed E-state index contributed by atoms with van der Waals surface area (Å²) in [5, 5.41) is 20.3. The number of rotatable bonds is 5. The molecule has 186 valence electrons. The summed E-state index contributed by atoms with van der Waals surface area (Å²) in [6.07, 6.45) is 9.53. The molecule has 4 aliphatic rings. The third kappa shape index (κ3) is 5.31. The van der Waals surface area contributed by atoms with E-state index in [2.05, 4.69) is 37.5 Å². The first-order chi connectivity index (χ1) is 15.7. The molecule has 0 aromatic rings. The van der Waals surface area contributed by atoms with Crippen LogP contribution in [-0.4, -0.2) is 53.4 Å². The summed E-state index contributed by atoms with van der Waals surface area (Å²) in [6, 6.07) is 0. The third-order valence-corrected chi connectivity index (χ3v) is 9.56. The molecular formula is C28H43F2NO2. The van der Waals surface area contributed by atoms with Crippen molar-refractivity contribution in [1.29, 1.82) is 0 Å². The smallest absolute Gasteiger partial charge is 0.241 e. The van der Waals surface area contributed by atoms with Crippen molar-refractivity contribution in [3.63, 3.8) is 0 Å². The fourth-order valence-electron chi connectivity index (χ4n) is 7.56. The Bertz CT molecular complexity index is 754. The first-order valence-electron chi connectivity index (χ1n) is 13.1. The zero-order chi connectivity index (χ0) is 23.8. The van der Waals surface area contributed by atoms with Crippen molar-refractivity contribution in [2.45, 2.75) is 90.3 Å². The second-order valence-corrected chi connectivity index (χ2v) is 11.6. The van der Waals surface area contributed by atoms with Crippen LogP contribution in [0.1, 0.15) is 71.6 Å². The molecule has 4 fully saturated rings. The van der Waals surface area contributed by atoms with Crippen LogP contribution >= 0.6 is 0 Å². The number of hydrogen-bond donors (Lipinski definition) is 2. The van der Waals surface area contributed by atoms with Gasteiger partial charge in [-0.2, -0.15) is 0 Å². The van der Waals surface area contributed by atoms with Gasteiger partial charge in [-0.25, -0.2) is 8.78 Å². The fraction of sp³-hybridized carbons (Fsp3) is 0.786. The van der Waals surface area contributed by atoms with Gasteiger partial charge in [0.2, 0.25) is 6.43 Å². The van der Waals surface area contributed by atoms with Gasteiger partial charge in [-0.15, -0.1) is 0 Å². The number of nitrogens with zero attached hydrogens (tertiary/aromatic N) is 1. The number of fused-ring (bicyclic) bond motifs is 1. The Balaban J connectivity index is 1.40. The lowest BCUT2D eigenvalue weighted by Crippen LogP contribution is -2.42. The molecule has 0 aromatic carbocycles. The topological polar surface area (TPSA) is 43.7 Å². The highest BCUT2D eigenvalue weighted by molar-refractivity contribution is 5.29. The van der Waals surface area contributed by atoms with Crippen molar-refractivity contribution in [1.82, 2.24) is 4.90 Å². The Morgan fingerprint density at radius 3 is 2.39 bits per heavy atom. The normalized spacial score (nSPS) is 38.7. The van der Waals surface area contributed by atoms with Gasteiger partial charge in [0.1, 0.15) is 0 Å². The van der Waals surface area contributed by atoms with Crippen LogP contribution in [0.3, 0.4) is 0 Å². The van der Waals surface area contributed by atoms with E-state index in [1.54, 1.807) is 0 Å². The summed E-state index contributed by atoms with van der Waals surface area (Å²) in [5.74, 6) is 1.45. The zero-order valence-corrected chi connectivity index (χ0v) is 20.5. The average Bonchev–Trinajstić information content (AvgIpc) is 3.14. The molecule has 3 nitrogen and oxygen atoms in total. The van der Waals surface area contributed by atoms with Crippen LogP contribution in [0, 0.1) is 29.1 Å². The van der Waals surface area contributed by atoms with Crippen LogP contribution in [0.15, 0.2) is 35.5 Å². The molecule has 0 aromatic heterocycles. The van der Waals surface area contributed by atoms with Crippen LogP contribution in [0.4, 0.5) is 8.78 Å². The molecule has 3 aliphatic carbocycles. The van der Waals surface area contributed by atoms with Crippen LogP contribution in [0.5, 0.6) is 0 Å². The minimum absolute atomic E-state index is 0.309. The van der Waals surface area contributed by atoms with Crippen molar-refractivity contribution >= 4 is 0 Å². The van der Waals surface area contributed by atoms with Crippen molar-refractivity contribution in [3.8, 4) is 0 Å². The number of likely N-dealkylation sites (tertiary alicyclic amines) is 1. The number of allylic oxidation sites excluding steroid dienone is 3. The highest BCUT2D eigenvalue weighted by atomic mass is 19.3. The molecule has 3 saturated carbocycles. The minimum Gasteiger partial charge on any atom is -0.388 e. The van der Waals surface area contributed by atoms with Gasteiger partial charge in [0.15, 0.2) is 0 Å². The summed E-state index contributed by atoms with van der Waals surface area (Å²) in [6.45, 7) is 11.4. The Morgan fingerprint density at radius 2 is 1.76 bits per heavy atom. The molecule has 1 saturated heterocycles. The van der Waals surface area contributed by atoms with E-state index >= 15 is 0 Å². The van der Waals surface area contributed by atoms with Crippen LogP contribution in [0.2, 0.25) is 0 Å². The van der Waals surface area contributed by atoms with Crippen molar-refractivity contribution in [3.05, 3.63) is 35.5 Å². The van der Waals surface area contributed by atoms with Gasteiger partial charge in [0.25, 0.3) is 0 Å². The summed E-state index contributed by atoms with van der Waals surface area (Å²) < 4.78 is 26.0. The molecule has 1 heterocycles. The number of aliphatic hydroxyl groups is 2. The predicted octanol–water partition coefficient (Wildman–Crippen LogP) is 5.74. The SMILES string of the molecule is C=C1[C@H](O)CC(=C/C=C2\CCC[C@]3(C)[C@@H]([C@H](C)CN4CCC(C(F)F)CC4)CC[C@@H]23)C[C@H]1O. The number of piperidine rings is 1. The molecule has 0 radical (unpaired) electrons. The van der Waals surface area contributed by atoms with Crippen LogP contribution < -0.4 is 0 Å². The van der Waals surface area contributed by atoms with Crippen LogP contribution in [0.25, 0.3) is 0 Å². The molecule has 0 bridgehead atoms. The maximum Gasteiger partial charge on any atom is 0.241 e. The predicted molar refractivity (Wildman–Crippen MR) is 129 cm³/mol. The maximum atomic E-state index is 13.0. The molecule has 0 amide bonds. The Morgan fingerprint density at radius 1 is 1.09 bits per heavy atom. The van der Waals surface area contributed by atoms with Gasteiger partial charge in [-0.3, -0.25) is 0 Å². The molecule has 0 spiro atoms. The lowest BCUT2D eigenvalue weighted by molar-refractivity contribution is 0.0227. The first-order valence-corrected chi connectivity index (χ1v) is 13.1. The van der Waals surface area contributed by atoms with Gasteiger partial charge in [-0.1, -0.05) is 43.7 Å². The van der Waals surface area contributed by atoms with Gasteiger partial charge < -0.3 is 15.1 Å². The lowest BCUT2D eigenvalue weighted by atomic mass is 9.61. The van der Waals surface area contributed by atoms with E-state index in [9.17, 15) is 19.0 Å². The molecule has 33 heavy (non-hydrogen) atoms. The van der Waals surface area contributed by atoms with E-state index in [1.165, 1.54) is 31.3 Å². The summed E-state index contributed by atoms with van der Waals surface area (Å²) in [5.41, 5.74) is 3.49. The molecule has 4 rings (SSSR count). The number of hydrogen-bond acceptors (Lipinski definition) is 3. The van der Waals surface area contributed by atoms with Crippen molar-refractivity contribution in [2.75, 3.05) is 19.6 Å². The highest BCUT2D eigenvalue weighted by Gasteiger charge is 2.50. The van der Waals surface area contributed by atoms with E-state index in [4.69, 9.17) is 0 Å². The van der Waals surface area contributed by atoms with E-state index < -0.39 is 24.6 Å². The second-order valence-electron chi connectivity index (χ2n) is 11.6. The minimum atomic E-state index is -2.17. The number of alkyl halides is 2. The summed E-state index contributed by atoms with van der Waals surface area (Å²) in [4.78, 5) is 2.43. The Hall–Kier alpha value is -1.04. The standard InChI is InChI=1S/C28H43F2NO2/c1-18(17-31-13-10-22(11-14-31)27(29)30)23-8-9-24-21(5-4-12-28(23,24)3)7-6-20-15-25(32)19(2)26(33)16-20/h6-7,18,22-27,32-33H,2,4-5,8-17H2,1,3H3/b21-7+/t18-,23-,24+,25-,26-,28-/m1/s1. The van der Waals surface area contributed by atoms with Gasteiger partial charge in [0.05, 0.1) is 12.2 Å². The van der Waals surface area contributed by atoms with Crippen molar-refractivity contribution in [2.24, 2.45) is 29.1 Å². The highest BCUT2D eigenvalue weighted by Crippen LogP contribution is 2.59. The molecule has 5 heteroatoms. The van der Waals surface area contributed by atoms with E-state index in [1.807, 2.05) is 0 Å². The summed E-state index contributed by atoms with van der Waals surface area (Å²) >= 11 is 0. The first kappa shape index (κ1) is 25.1. The quantitative estimate of drug-likeness (QED) is 0.511. The third-order valence-electron chi connectivity index (χ3n) is 9.56. The number of aliphatic hydroxyl groups excluding tert-OH is 2.